The first-order valence-electron chi connectivity index (χ1n) is 13.0. The van der Waals surface area contributed by atoms with Crippen LogP contribution in [0.1, 0.15) is 77.0 Å². The maximum atomic E-state index is 13.3. The first kappa shape index (κ1) is 27.0. The van der Waals surface area contributed by atoms with Crippen LogP contribution in [0.3, 0.4) is 0 Å². The Hall–Kier alpha value is -2.09. The number of thiazole rings is 1. The van der Waals surface area contributed by atoms with E-state index in [1.54, 1.807) is 32.1 Å². The third kappa shape index (κ3) is 5.58. The second kappa shape index (κ2) is 10.3. The number of benzene rings is 1. The zero-order chi connectivity index (χ0) is 26.4. The number of carbonyl (C=O) groups excluding carboxylic acids is 2. The van der Waals surface area contributed by atoms with Crippen molar-refractivity contribution in [3.8, 4) is 0 Å². The Morgan fingerprint density at radius 2 is 1.83 bits per heavy atom. The summed E-state index contributed by atoms with van der Waals surface area (Å²) in [6, 6.07) is 5.97. The van der Waals surface area contributed by atoms with Crippen LogP contribution < -0.4 is 0 Å². The fraction of sp³-hybridized carbons (Fsp3) is 0.621. The van der Waals surface area contributed by atoms with Gasteiger partial charge in [-0.2, -0.15) is 0 Å². The summed E-state index contributed by atoms with van der Waals surface area (Å²) < 4.78 is 7.00. The van der Waals surface area contributed by atoms with Crippen molar-refractivity contribution in [1.82, 2.24) is 4.98 Å². The largest absolute Gasteiger partial charge is 0.457 e. The highest BCUT2D eigenvalue weighted by Crippen LogP contribution is 2.50. The van der Waals surface area contributed by atoms with Gasteiger partial charge in [0.05, 0.1) is 39.3 Å². The van der Waals surface area contributed by atoms with Crippen LogP contribution in [0.15, 0.2) is 29.8 Å². The second-order valence-corrected chi connectivity index (χ2v) is 12.8. The number of nitrogens with zero attached hydrogens (tertiary/aromatic N) is 1. The number of aromatic nitrogens is 1. The number of carbonyl (C=O) groups is 2. The van der Waals surface area contributed by atoms with Crippen LogP contribution in [-0.4, -0.2) is 39.2 Å². The molecule has 2 aliphatic rings. The number of esters is 1. The first-order valence-corrected chi connectivity index (χ1v) is 13.8. The molecule has 6 nitrogen and oxygen atoms in total. The summed E-state index contributed by atoms with van der Waals surface area (Å²) in [6.45, 7) is 11.1. The molecule has 0 bridgehead atoms. The zero-order valence-corrected chi connectivity index (χ0v) is 23.0. The van der Waals surface area contributed by atoms with Crippen LogP contribution in [0.25, 0.3) is 10.2 Å². The summed E-state index contributed by atoms with van der Waals surface area (Å²) in [4.78, 5) is 30.9. The molecular formula is C29H39NO5S. The Morgan fingerprint density at radius 3 is 2.56 bits per heavy atom. The smallest absolute Gasteiger partial charge is 0.309 e. The van der Waals surface area contributed by atoms with Gasteiger partial charge in [0, 0.05) is 12.3 Å². The van der Waals surface area contributed by atoms with Gasteiger partial charge in [0.2, 0.25) is 0 Å². The fourth-order valence-electron chi connectivity index (χ4n) is 5.70. The molecule has 0 spiro atoms. The Balaban J connectivity index is 1.64. The highest BCUT2D eigenvalue weighted by atomic mass is 32.1. The Kier molecular flexibility index (Phi) is 7.75. The lowest BCUT2D eigenvalue weighted by Gasteiger charge is -2.34. The number of rotatable bonds is 1. The number of ether oxygens (including phenoxy) is 1. The quantitative estimate of drug-likeness (QED) is 0.384. The number of hydrogen-bond donors (Lipinski definition) is 2. The third-order valence-electron chi connectivity index (χ3n) is 8.37. The minimum atomic E-state index is -1.22. The van der Waals surface area contributed by atoms with Crippen molar-refractivity contribution in [3.05, 3.63) is 40.4 Å². The number of ketones is 1. The van der Waals surface area contributed by atoms with Gasteiger partial charge in [0.1, 0.15) is 11.9 Å². The van der Waals surface area contributed by atoms with Gasteiger partial charge in [-0.05, 0) is 62.1 Å². The van der Waals surface area contributed by atoms with Crippen LogP contribution in [0.2, 0.25) is 0 Å². The van der Waals surface area contributed by atoms with Crippen molar-refractivity contribution in [2.24, 2.45) is 29.1 Å². The van der Waals surface area contributed by atoms with E-state index < -0.39 is 35.6 Å². The molecule has 1 fully saturated rings. The molecule has 0 radical (unpaired) electrons. The van der Waals surface area contributed by atoms with E-state index in [9.17, 15) is 19.8 Å². The van der Waals surface area contributed by atoms with Crippen molar-refractivity contribution in [3.63, 3.8) is 0 Å². The van der Waals surface area contributed by atoms with Crippen LogP contribution in [0, 0.1) is 36.0 Å². The predicted molar refractivity (Wildman–Crippen MR) is 142 cm³/mol. The molecular weight excluding hydrogens is 474 g/mol. The van der Waals surface area contributed by atoms with E-state index >= 15 is 0 Å². The molecule has 1 aromatic heterocycles. The van der Waals surface area contributed by atoms with Crippen LogP contribution in [0.4, 0.5) is 0 Å². The van der Waals surface area contributed by atoms with Gasteiger partial charge in [-0.1, -0.05) is 45.4 Å². The van der Waals surface area contributed by atoms with E-state index in [2.05, 4.69) is 18.0 Å². The second-order valence-electron chi connectivity index (χ2n) is 11.5. The Labute approximate surface area is 217 Å². The molecule has 7 heteroatoms. The number of aliphatic hydroxyl groups is 2. The number of aryl methyl sites for hydroxylation is 1. The van der Waals surface area contributed by atoms with Crippen LogP contribution in [-0.2, 0) is 14.3 Å². The monoisotopic (exact) mass is 513 g/mol. The number of Topliss-reactive ketones (excluding diaryl/α,β-unsaturated/α-hetero) is 1. The third-order valence-corrected chi connectivity index (χ3v) is 9.33. The normalized spacial score (nSPS) is 34.1. The van der Waals surface area contributed by atoms with Gasteiger partial charge < -0.3 is 14.9 Å². The summed E-state index contributed by atoms with van der Waals surface area (Å²) in [5.74, 6) is -0.562. The molecule has 7 atom stereocenters. The molecule has 2 N–H and O–H groups in total. The highest BCUT2D eigenvalue weighted by Gasteiger charge is 2.47. The molecule has 1 saturated carbocycles. The van der Waals surface area contributed by atoms with Gasteiger partial charge in [-0.15, -0.1) is 11.3 Å². The van der Waals surface area contributed by atoms with Crippen LogP contribution >= 0.6 is 11.3 Å². The minimum absolute atomic E-state index is 0.00592. The Morgan fingerprint density at radius 1 is 1.11 bits per heavy atom. The highest BCUT2D eigenvalue weighted by molar-refractivity contribution is 7.18. The SMILES string of the molecule is CC1=CC[C@@H](c2ccc3sc(C)nc3c2)OC(=O)C[C@H](O)C(C)(C)C(=O)[C@H](C)[C@@H](O)[C@@H](C)C2CC2C1. The topological polar surface area (TPSA) is 96.7 Å². The fourth-order valence-corrected chi connectivity index (χ4v) is 6.51. The molecule has 196 valence electrons. The molecule has 1 aromatic carbocycles. The average molecular weight is 514 g/mol. The average Bonchev–Trinajstić information content (AvgIpc) is 3.48. The molecule has 0 saturated heterocycles. The molecule has 36 heavy (non-hydrogen) atoms. The van der Waals surface area contributed by atoms with Crippen molar-refractivity contribution in [1.29, 1.82) is 0 Å². The van der Waals surface area contributed by atoms with Gasteiger partial charge in [0.25, 0.3) is 0 Å². The molecule has 2 unspecified atom stereocenters. The minimum Gasteiger partial charge on any atom is -0.457 e. The van der Waals surface area contributed by atoms with Crippen molar-refractivity contribution in [2.75, 3.05) is 0 Å². The molecule has 0 amide bonds. The lowest BCUT2D eigenvalue weighted by atomic mass is 9.72. The number of aliphatic hydroxyl groups excluding tert-OH is 2. The molecule has 1 aliphatic heterocycles. The maximum Gasteiger partial charge on any atom is 0.309 e. The van der Waals surface area contributed by atoms with E-state index in [1.165, 1.54) is 5.57 Å². The summed E-state index contributed by atoms with van der Waals surface area (Å²) in [6.07, 6.45) is 1.84. The van der Waals surface area contributed by atoms with Gasteiger partial charge in [-0.25, -0.2) is 4.98 Å². The van der Waals surface area contributed by atoms with Crippen molar-refractivity contribution in [2.45, 2.75) is 85.5 Å². The van der Waals surface area contributed by atoms with E-state index in [4.69, 9.17) is 4.74 Å². The van der Waals surface area contributed by atoms with E-state index in [1.807, 2.05) is 32.0 Å². The number of allylic oxidation sites excluding steroid dienone is 1. The summed E-state index contributed by atoms with van der Waals surface area (Å²) in [7, 11) is 0. The number of fused-ring (bicyclic) bond motifs is 2. The predicted octanol–water partition coefficient (Wildman–Crippen LogP) is 5.54. The lowest BCUT2D eigenvalue weighted by Crippen LogP contribution is -2.45. The van der Waals surface area contributed by atoms with Crippen molar-refractivity contribution >= 4 is 33.3 Å². The molecule has 2 aromatic rings. The van der Waals surface area contributed by atoms with Crippen molar-refractivity contribution < 1.29 is 24.5 Å². The first-order chi connectivity index (χ1) is 16.9. The molecule has 2 heterocycles. The number of hydrogen-bond acceptors (Lipinski definition) is 7. The van der Waals surface area contributed by atoms with E-state index in [-0.39, 0.29) is 18.1 Å². The number of cyclic esters (lactones) is 1. The van der Waals surface area contributed by atoms with E-state index in [0.29, 0.717) is 18.3 Å². The standard InChI is InChI=1S/C29H39NO5S/c1-15-7-9-23(19-8-10-24-22(13-19)30-18(4)36-24)35-26(32)14-25(31)29(5,6)28(34)17(3)27(33)16(2)21-12-20(21)11-15/h7-8,10,13,16-17,20-21,23,25,27,31,33H,9,11-12,14H2,1-6H3/t16-,17+,20?,21?,23-,25-,27-/m0/s1. The van der Waals surface area contributed by atoms with Gasteiger partial charge >= 0.3 is 5.97 Å². The summed E-state index contributed by atoms with van der Waals surface area (Å²) in [5.41, 5.74) is 1.79. The van der Waals surface area contributed by atoms with E-state index in [0.717, 1.165) is 33.6 Å². The van der Waals surface area contributed by atoms with Crippen LogP contribution in [0.5, 0.6) is 0 Å². The summed E-state index contributed by atoms with van der Waals surface area (Å²) >= 11 is 1.63. The lowest BCUT2D eigenvalue weighted by molar-refractivity contribution is -0.155. The Bertz CT molecular complexity index is 1170. The molecule has 1 aliphatic carbocycles. The molecule has 4 rings (SSSR count). The van der Waals surface area contributed by atoms with Gasteiger partial charge in [-0.3, -0.25) is 9.59 Å². The summed E-state index contributed by atoms with van der Waals surface area (Å²) in [5, 5.41) is 22.9. The van der Waals surface area contributed by atoms with Gasteiger partial charge in [0.15, 0.2) is 0 Å². The maximum absolute atomic E-state index is 13.3. The zero-order valence-electron chi connectivity index (χ0n) is 22.2.